The molecule has 0 bridgehead atoms. The van der Waals surface area contributed by atoms with E-state index < -0.39 is 0 Å². The Labute approximate surface area is 138 Å². The van der Waals surface area contributed by atoms with Gasteiger partial charge in [0, 0.05) is 24.8 Å². The molecule has 0 spiro atoms. The second-order valence-electron chi connectivity index (χ2n) is 6.47. The molecule has 1 aromatic rings. The van der Waals surface area contributed by atoms with E-state index in [0.717, 1.165) is 29.9 Å². The Kier molecular flexibility index (Phi) is 6.89. The van der Waals surface area contributed by atoms with Crippen molar-refractivity contribution in [1.82, 2.24) is 15.8 Å². The highest BCUT2D eigenvalue weighted by Gasteiger charge is 2.24. The molecule has 1 unspecified atom stereocenters. The zero-order chi connectivity index (χ0) is 16.7. The van der Waals surface area contributed by atoms with E-state index in [1.54, 1.807) is 0 Å². The highest BCUT2D eigenvalue weighted by Crippen LogP contribution is 2.27. The molecule has 2 rings (SSSR count). The summed E-state index contributed by atoms with van der Waals surface area (Å²) in [7, 11) is 0. The van der Waals surface area contributed by atoms with E-state index in [4.69, 9.17) is 4.52 Å². The van der Waals surface area contributed by atoms with Crippen molar-refractivity contribution in [3.05, 3.63) is 17.0 Å². The molecule has 130 valence electrons. The molecule has 1 saturated carbocycles. The number of amides is 2. The lowest BCUT2D eigenvalue weighted by atomic mass is 9.83. The van der Waals surface area contributed by atoms with E-state index in [0.29, 0.717) is 25.3 Å². The molecule has 0 aromatic carbocycles. The molecule has 1 aliphatic carbocycles. The standard InChI is InChI=1S/C17H29N3O3/c1-12-15(13(2)23-20-12)8-10-18-17(22)19-16(9-11-21)14-6-4-3-5-7-14/h14,16,21H,3-11H2,1-2H3,(H2,18,19,22). The van der Waals surface area contributed by atoms with E-state index in [9.17, 15) is 9.90 Å². The Bertz CT molecular complexity index is 476. The molecular formula is C17H29N3O3. The number of urea groups is 1. The average Bonchev–Trinajstić information content (AvgIpc) is 2.87. The van der Waals surface area contributed by atoms with Crippen molar-refractivity contribution in [2.24, 2.45) is 5.92 Å². The number of aryl methyl sites for hydroxylation is 2. The van der Waals surface area contributed by atoms with Gasteiger partial charge in [-0.2, -0.15) is 0 Å². The Hall–Kier alpha value is -1.56. The summed E-state index contributed by atoms with van der Waals surface area (Å²) in [6.07, 6.45) is 7.36. The van der Waals surface area contributed by atoms with Gasteiger partial charge in [-0.3, -0.25) is 0 Å². The summed E-state index contributed by atoms with van der Waals surface area (Å²) in [4.78, 5) is 12.1. The monoisotopic (exact) mass is 323 g/mol. The van der Waals surface area contributed by atoms with E-state index in [1.807, 2.05) is 13.8 Å². The van der Waals surface area contributed by atoms with E-state index in [1.165, 1.54) is 19.3 Å². The van der Waals surface area contributed by atoms with Crippen LogP contribution in [0.2, 0.25) is 0 Å². The fraction of sp³-hybridized carbons (Fsp3) is 0.765. The molecule has 0 saturated heterocycles. The predicted octanol–water partition coefficient (Wildman–Crippen LogP) is 2.46. The molecule has 1 aromatic heterocycles. The first-order chi connectivity index (χ1) is 11.1. The molecule has 23 heavy (non-hydrogen) atoms. The number of nitrogens with zero attached hydrogens (tertiary/aromatic N) is 1. The number of nitrogens with one attached hydrogen (secondary N) is 2. The van der Waals surface area contributed by atoms with Crippen LogP contribution in [-0.4, -0.2) is 35.5 Å². The summed E-state index contributed by atoms with van der Waals surface area (Å²) in [5.74, 6) is 1.30. The third-order valence-electron chi connectivity index (χ3n) is 4.82. The quantitative estimate of drug-likeness (QED) is 0.719. The van der Waals surface area contributed by atoms with E-state index in [-0.39, 0.29) is 18.7 Å². The number of hydrogen-bond donors (Lipinski definition) is 3. The fourth-order valence-corrected chi connectivity index (χ4v) is 3.48. The van der Waals surface area contributed by atoms with Crippen LogP contribution in [-0.2, 0) is 6.42 Å². The third-order valence-corrected chi connectivity index (χ3v) is 4.82. The van der Waals surface area contributed by atoms with Crippen molar-refractivity contribution >= 4 is 6.03 Å². The molecule has 3 N–H and O–H groups in total. The molecule has 6 nitrogen and oxygen atoms in total. The third kappa shape index (κ3) is 5.23. The van der Waals surface area contributed by atoms with Gasteiger partial charge in [-0.05, 0) is 45.4 Å². The lowest BCUT2D eigenvalue weighted by molar-refractivity contribution is 0.197. The number of aliphatic hydroxyl groups is 1. The largest absolute Gasteiger partial charge is 0.396 e. The lowest BCUT2D eigenvalue weighted by Crippen LogP contribution is -2.47. The van der Waals surface area contributed by atoms with Crippen LogP contribution in [0.5, 0.6) is 0 Å². The van der Waals surface area contributed by atoms with Crippen LogP contribution >= 0.6 is 0 Å². The van der Waals surface area contributed by atoms with Gasteiger partial charge in [0.15, 0.2) is 0 Å². The van der Waals surface area contributed by atoms with Crippen LogP contribution in [0.4, 0.5) is 4.79 Å². The maximum Gasteiger partial charge on any atom is 0.315 e. The molecule has 1 aliphatic rings. The fourth-order valence-electron chi connectivity index (χ4n) is 3.48. The van der Waals surface area contributed by atoms with Crippen molar-refractivity contribution < 1.29 is 14.4 Å². The minimum absolute atomic E-state index is 0.0689. The Morgan fingerprint density at radius 3 is 2.70 bits per heavy atom. The maximum atomic E-state index is 12.1. The van der Waals surface area contributed by atoms with Gasteiger partial charge in [-0.1, -0.05) is 24.4 Å². The van der Waals surface area contributed by atoms with Gasteiger partial charge in [-0.25, -0.2) is 4.79 Å². The molecule has 0 radical (unpaired) electrons. The van der Waals surface area contributed by atoms with Crippen molar-refractivity contribution in [3.63, 3.8) is 0 Å². The van der Waals surface area contributed by atoms with Crippen LogP contribution in [0.15, 0.2) is 4.52 Å². The van der Waals surface area contributed by atoms with Crippen molar-refractivity contribution in [2.75, 3.05) is 13.2 Å². The zero-order valence-electron chi connectivity index (χ0n) is 14.2. The highest BCUT2D eigenvalue weighted by atomic mass is 16.5. The SMILES string of the molecule is Cc1noc(C)c1CCNC(=O)NC(CCO)C1CCCCC1. The molecule has 6 heteroatoms. The normalized spacial score (nSPS) is 17.0. The lowest BCUT2D eigenvalue weighted by Gasteiger charge is -2.30. The summed E-state index contributed by atoms with van der Waals surface area (Å²) in [5.41, 5.74) is 1.94. The summed E-state index contributed by atoms with van der Waals surface area (Å²) < 4.78 is 5.12. The summed E-state index contributed by atoms with van der Waals surface area (Å²) in [6, 6.07) is -0.0832. The van der Waals surface area contributed by atoms with Crippen LogP contribution in [0.1, 0.15) is 55.5 Å². The highest BCUT2D eigenvalue weighted by molar-refractivity contribution is 5.74. The van der Waals surface area contributed by atoms with Gasteiger partial charge in [-0.15, -0.1) is 0 Å². The minimum Gasteiger partial charge on any atom is -0.396 e. The maximum absolute atomic E-state index is 12.1. The van der Waals surface area contributed by atoms with Crippen LogP contribution in [0.3, 0.4) is 0 Å². The van der Waals surface area contributed by atoms with Crippen LogP contribution < -0.4 is 10.6 Å². The number of aliphatic hydroxyl groups excluding tert-OH is 1. The van der Waals surface area contributed by atoms with E-state index in [2.05, 4.69) is 15.8 Å². The topological polar surface area (TPSA) is 87.4 Å². The van der Waals surface area contributed by atoms with Crippen LogP contribution in [0.25, 0.3) is 0 Å². The summed E-state index contributed by atoms with van der Waals surface area (Å²) in [6.45, 7) is 4.45. The minimum atomic E-state index is -0.152. The van der Waals surface area contributed by atoms with Gasteiger partial charge in [0.25, 0.3) is 0 Å². The number of carbonyl (C=O) groups is 1. The summed E-state index contributed by atoms with van der Waals surface area (Å²) >= 11 is 0. The first-order valence-electron chi connectivity index (χ1n) is 8.68. The van der Waals surface area contributed by atoms with Crippen molar-refractivity contribution in [1.29, 1.82) is 0 Å². The van der Waals surface area contributed by atoms with Gasteiger partial charge >= 0.3 is 6.03 Å². The zero-order valence-corrected chi connectivity index (χ0v) is 14.2. The molecule has 1 fully saturated rings. The number of aromatic nitrogens is 1. The number of carbonyl (C=O) groups excluding carboxylic acids is 1. The predicted molar refractivity (Wildman–Crippen MR) is 88.3 cm³/mol. The van der Waals surface area contributed by atoms with Gasteiger partial charge in [0.05, 0.1) is 5.69 Å². The first-order valence-corrected chi connectivity index (χ1v) is 8.68. The molecule has 1 heterocycles. The smallest absolute Gasteiger partial charge is 0.315 e. The molecule has 1 atom stereocenters. The summed E-state index contributed by atoms with van der Waals surface area (Å²) in [5, 5.41) is 19.1. The first kappa shape index (κ1) is 17.8. The Morgan fingerprint density at radius 2 is 2.09 bits per heavy atom. The molecule has 0 aliphatic heterocycles. The van der Waals surface area contributed by atoms with Crippen molar-refractivity contribution in [2.45, 2.75) is 64.8 Å². The number of hydrogen-bond acceptors (Lipinski definition) is 4. The Balaban J connectivity index is 1.77. The molecule has 2 amide bonds. The molecular weight excluding hydrogens is 294 g/mol. The van der Waals surface area contributed by atoms with Gasteiger partial charge in [0.2, 0.25) is 0 Å². The van der Waals surface area contributed by atoms with Gasteiger partial charge in [0.1, 0.15) is 5.76 Å². The van der Waals surface area contributed by atoms with E-state index >= 15 is 0 Å². The number of rotatable bonds is 7. The second kappa shape index (κ2) is 8.91. The van der Waals surface area contributed by atoms with Crippen molar-refractivity contribution in [3.8, 4) is 0 Å². The second-order valence-corrected chi connectivity index (χ2v) is 6.47. The van der Waals surface area contributed by atoms with Crippen LogP contribution in [0, 0.1) is 19.8 Å². The van der Waals surface area contributed by atoms with Gasteiger partial charge < -0.3 is 20.3 Å². The average molecular weight is 323 g/mol. The Morgan fingerprint density at radius 1 is 1.35 bits per heavy atom.